The fourth-order valence-electron chi connectivity index (χ4n) is 2.10. The summed E-state index contributed by atoms with van der Waals surface area (Å²) in [6.07, 6.45) is 3.59. The fraction of sp³-hybridized carbons (Fsp3) is 0.923. The van der Waals surface area contributed by atoms with Crippen molar-refractivity contribution in [3.05, 3.63) is 0 Å². The predicted molar refractivity (Wildman–Crippen MR) is 69.0 cm³/mol. The topological polar surface area (TPSA) is 50.4 Å². The van der Waals surface area contributed by atoms with E-state index in [9.17, 15) is 4.79 Å². The summed E-state index contributed by atoms with van der Waals surface area (Å²) >= 11 is 0. The Morgan fingerprint density at radius 2 is 2.24 bits per heavy atom. The van der Waals surface area contributed by atoms with Gasteiger partial charge in [-0.15, -0.1) is 0 Å². The molecule has 0 aromatic heterocycles. The van der Waals surface area contributed by atoms with Crippen molar-refractivity contribution in [2.24, 2.45) is 0 Å². The molecule has 0 saturated carbocycles. The SMILES string of the molecule is CC(CC1CCCN1)NCC(=O)OC(C)(C)C. The lowest BCUT2D eigenvalue weighted by molar-refractivity contribution is -0.153. The van der Waals surface area contributed by atoms with E-state index in [1.807, 2.05) is 20.8 Å². The van der Waals surface area contributed by atoms with E-state index in [0.29, 0.717) is 18.6 Å². The molecule has 2 N–H and O–H groups in total. The molecule has 0 bridgehead atoms. The number of nitrogens with one attached hydrogen (secondary N) is 2. The highest BCUT2D eigenvalue weighted by Gasteiger charge is 2.19. The van der Waals surface area contributed by atoms with Gasteiger partial charge >= 0.3 is 5.97 Å². The van der Waals surface area contributed by atoms with Crippen LogP contribution in [0.4, 0.5) is 0 Å². The van der Waals surface area contributed by atoms with Crippen LogP contribution in [0.15, 0.2) is 0 Å². The zero-order valence-corrected chi connectivity index (χ0v) is 11.5. The van der Waals surface area contributed by atoms with Crippen LogP contribution in [0.3, 0.4) is 0 Å². The van der Waals surface area contributed by atoms with Crippen LogP contribution >= 0.6 is 0 Å². The average Bonchev–Trinajstić information content (AvgIpc) is 2.64. The molecule has 17 heavy (non-hydrogen) atoms. The van der Waals surface area contributed by atoms with Gasteiger partial charge in [-0.2, -0.15) is 0 Å². The molecule has 0 radical (unpaired) electrons. The van der Waals surface area contributed by atoms with Crippen LogP contribution in [-0.4, -0.2) is 36.7 Å². The van der Waals surface area contributed by atoms with E-state index < -0.39 is 5.60 Å². The van der Waals surface area contributed by atoms with Gasteiger partial charge in [0.05, 0.1) is 6.54 Å². The summed E-state index contributed by atoms with van der Waals surface area (Å²) in [6.45, 7) is 9.20. The highest BCUT2D eigenvalue weighted by molar-refractivity contribution is 5.72. The van der Waals surface area contributed by atoms with Crippen LogP contribution in [0.25, 0.3) is 0 Å². The quantitative estimate of drug-likeness (QED) is 0.716. The molecule has 1 saturated heterocycles. The Hall–Kier alpha value is -0.610. The maximum atomic E-state index is 11.5. The van der Waals surface area contributed by atoms with Crippen LogP contribution in [0, 0.1) is 0 Å². The lowest BCUT2D eigenvalue weighted by Gasteiger charge is -2.21. The minimum atomic E-state index is -0.394. The molecule has 0 aromatic rings. The predicted octanol–water partition coefficient (Wildman–Crippen LogP) is 1.45. The number of esters is 1. The zero-order valence-electron chi connectivity index (χ0n) is 11.5. The van der Waals surface area contributed by atoms with Gasteiger partial charge in [0.25, 0.3) is 0 Å². The first-order chi connectivity index (χ1) is 7.87. The Labute approximate surface area is 104 Å². The van der Waals surface area contributed by atoms with E-state index in [2.05, 4.69) is 17.6 Å². The van der Waals surface area contributed by atoms with Gasteiger partial charge in [-0.25, -0.2) is 0 Å². The van der Waals surface area contributed by atoms with E-state index in [0.717, 1.165) is 13.0 Å². The summed E-state index contributed by atoms with van der Waals surface area (Å²) < 4.78 is 5.24. The van der Waals surface area contributed by atoms with Crippen molar-refractivity contribution in [2.75, 3.05) is 13.1 Å². The van der Waals surface area contributed by atoms with Crippen molar-refractivity contribution in [2.45, 2.75) is 64.6 Å². The van der Waals surface area contributed by atoms with Crippen LogP contribution in [0.1, 0.15) is 47.0 Å². The summed E-state index contributed by atoms with van der Waals surface area (Å²) in [6, 6.07) is 0.953. The number of hydrogen-bond donors (Lipinski definition) is 2. The second-order valence-electron chi connectivity index (χ2n) is 5.90. The maximum Gasteiger partial charge on any atom is 0.320 e. The first-order valence-electron chi connectivity index (χ1n) is 6.55. The highest BCUT2D eigenvalue weighted by atomic mass is 16.6. The Kier molecular flexibility index (Phi) is 5.40. The Balaban J connectivity index is 2.14. The molecule has 2 atom stereocenters. The number of hydrogen-bond acceptors (Lipinski definition) is 4. The first-order valence-corrected chi connectivity index (χ1v) is 6.55. The smallest absolute Gasteiger partial charge is 0.320 e. The van der Waals surface area contributed by atoms with Gasteiger partial charge in [0.2, 0.25) is 0 Å². The minimum absolute atomic E-state index is 0.177. The van der Waals surface area contributed by atoms with E-state index in [-0.39, 0.29) is 5.97 Å². The van der Waals surface area contributed by atoms with Crippen molar-refractivity contribution in [1.29, 1.82) is 0 Å². The van der Waals surface area contributed by atoms with E-state index in [4.69, 9.17) is 4.74 Å². The van der Waals surface area contributed by atoms with Crippen molar-refractivity contribution in [1.82, 2.24) is 10.6 Å². The van der Waals surface area contributed by atoms with Crippen LogP contribution < -0.4 is 10.6 Å². The highest BCUT2D eigenvalue weighted by Crippen LogP contribution is 2.11. The lowest BCUT2D eigenvalue weighted by Crippen LogP contribution is -2.38. The van der Waals surface area contributed by atoms with Crippen molar-refractivity contribution < 1.29 is 9.53 Å². The molecule has 1 heterocycles. The second kappa shape index (κ2) is 6.36. The fourth-order valence-corrected chi connectivity index (χ4v) is 2.10. The van der Waals surface area contributed by atoms with Gasteiger partial charge in [0, 0.05) is 12.1 Å². The van der Waals surface area contributed by atoms with Gasteiger partial charge in [-0.1, -0.05) is 0 Å². The molecular weight excluding hydrogens is 216 g/mol. The van der Waals surface area contributed by atoms with Gasteiger partial charge in [-0.05, 0) is 53.5 Å². The average molecular weight is 242 g/mol. The third-order valence-electron chi connectivity index (χ3n) is 2.82. The Morgan fingerprint density at radius 1 is 1.53 bits per heavy atom. The Morgan fingerprint density at radius 3 is 2.76 bits per heavy atom. The van der Waals surface area contributed by atoms with Gasteiger partial charge < -0.3 is 15.4 Å². The molecule has 4 heteroatoms. The molecule has 0 aliphatic carbocycles. The first kappa shape index (κ1) is 14.5. The van der Waals surface area contributed by atoms with Crippen LogP contribution in [0.2, 0.25) is 0 Å². The molecule has 1 aliphatic heterocycles. The second-order valence-corrected chi connectivity index (χ2v) is 5.90. The molecule has 1 aliphatic rings. The van der Waals surface area contributed by atoms with Crippen LogP contribution in [-0.2, 0) is 9.53 Å². The summed E-state index contributed by atoms with van der Waals surface area (Å²) in [5.41, 5.74) is -0.394. The van der Waals surface area contributed by atoms with Gasteiger partial charge in [0.15, 0.2) is 0 Å². The third-order valence-corrected chi connectivity index (χ3v) is 2.82. The van der Waals surface area contributed by atoms with Crippen molar-refractivity contribution >= 4 is 5.97 Å². The molecule has 0 aromatic carbocycles. The number of carbonyl (C=O) groups excluding carboxylic acids is 1. The Bertz CT molecular complexity index is 242. The molecular formula is C13H26N2O2. The standard InChI is InChI=1S/C13H26N2O2/c1-10(8-11-6-5-7-14-11)15-9-12(16)17-13(2,3)4/h10-11,14-15H,5-9H2,1-4H3. The van der Waals surface area contributed by atoms with Crippen molar-refractivity contribution in [3.8, 4) is 0 Å². The van der Waals surface area contributed by atoms with E-state index in [1.54, 1.807) is 0 Å². The third kappa shape index (κ3) is 6.64. The monoisotopic (exact) mass is 242 g/mol. The summed E-state index contributed by atoms with van der Waals surface area (Å²) in [5, 5.41) is 6.67. The lowest BCUT2D eigenvalue weighted by atomic mass is 10.1. The summed E-state index contributed by atoms with van der Waals surface area (Å²) in [5.74, 6) is -0.177. The van der Waals surface area contributed by atoms with Crippen LogP contribution in [0.5, 0.6) is 0 Å². The van der Waals surface area contributed by atoms with Gasteiger partial charge in [0.1, 0.15) is 5.60 Å². The number of ether oxygens (including phenoxy) is 1. The van der Waals surface area contributed by atoms with Gasteiger partial charge in [-0.3, -0.25) is 4.79 Å². The molecule has 2 unspecified atom stereocenters. The zero-order chi connectivity index (χ0) is 12.9. The van der Waals surface area contributed by atoms with Crippen molar-refractivity contribution in [3.63, 3.8) is 0 Å². The molecule has 0 spiro atoms. The minimum Gasteiger partial charge on any atom is -0.459 e. The molecule has 1 fully saturated rings. The van der Waals surface area contributed by atoms with E-state index >= 15 is 0 Å². The molecule has 100 valence electrons. The normalized spacial score (nSPS) is 22.5. The molecule has 1 rings (SSSR count). The maximum absolute atomic E-state index is 11.5. The molecule has 0 amide bonds. The van der Waals surface area contributed by atoms with E-state index in [1.165, 1.54) is 12.8 Å². The largest absolute Gasteiger partial charge is 0.459 e. The number of carbonyl (C=O) groups is 1. The number of rotatable bonds is 5. The summed E-state index contributed by atoms with van der Waals surface area (Å²) in [4.78, 5) is 11.5. The summed E-state index contributed by atoms with van der Waals surface area (Å²) in [7, 11) is 0. The molecule has 4 nitrogen and oxygen atoms in total.